The molecule has 1 atom stereocenters. The first kappa shape index (κ1) is 16.7. The van der Waals surface area contributed by atoms with Crippen molar-refractivity contribution in [3.8, 4) is 0 Å². The van der Waals surface area contributed by atoms with Crippen molar-refractivity contribution in [2.75, 3.05) is 18.1 Å². The number of rotatable bonds is 6. The maximum Gasteiger partial charge on any atom is 0.214 e. The van der Waals surface area contributed by atoms with E-state index >= 15 is 0 Å². The lowest BCUT2D eigenvalue weighted by Crippen LogP contribution is -2.47. The van der Waals surface area contributed by atoms with E-state index in [-0.39, 0.29) is 11.7 Å². The van der Waals surface area contributed by atoms with Crippen LogP contribution >= 0.6 is 15.9 Å². The van der Waals surface area contributed by atoms with Crippen LogP contribution in [-0.2, 0) is 10.0 Å². The van der Waals surface area contributed by atoms with Gasteiger partial charge in [-0.25, -0.2) is 8.42 Å². The maximum atomic E-state index is 12.4. The number of halogens is 1. The van der Waals surface area contributed by atoms with E-state index < -0.39 is 15.6 Å². The van der Waals surface area contributed by atoms with E-state index in [2.05, 4.69) is 15.9 Å². The van der Waals surface area contributed by atoms with Crippen molar-refractivity contribution >= 4 is 26.0 Å². The van der Waals surface area contributed by atoms with Crippen LogP contribution in [-0.4, -0.2) is 36.4 Å². The Morgan fingerprint density at radius 3 is 2.26 bits per heavy atom. The van der Waals surface area contributed by atoms with E-state index in [0.717, 1.165) is 5.56 Å². The Bertz CT molecular complexity index is 499. The van der Waals surface area contributed by atoms with Gasteiger partial charge in [0.05, 0.1) is 5.75 Å². The first-order valence-electron chi connectivity index (χ1n) is 6.28. The summed E-state index contributed by atoms with van der Waals surface area (Å²) in [6, 6.07) is 9.74. The summed E-state index contributed by atoms with van der Waals surface area (Å²) in [5, 5.41) is 0.607. The van der Waals surface area contributed by atoms with Gasteiger partial charge in [-0.15, -0.1) is 0 Å². The predicted molar refractivity (Wildman–Crippen MR) is 84.3 cm³/mol. The maximum absolute atomic E-state index is 12.4. The normalized spacial score (nSPS) is 14.6. The Kier molecular flexibility index (Phi) is 5.59. The van der Waals surface area contributed by atoms with E-state index in [4.69, 9.17) is 0 Å². The summed E-state index contributed by atoms with van der Waals surface area (Å²) in [4.78, 5) is 0. The first-order valence-corrected chi connectivity index (χ1v) is 9.01. The number of alkyl halides is 1. The van der Waals surface area contributed by atoms with Crippen molar-refractivity contribution in [1.29, 1.82) is 0 Å². The van der Waals surface area contributed by atoms with Gasteiger partial charge in [0.15, 0.2) is 0 Å². The van der Waals surface area contributed by atoms with Crippen molar-refractivity contribution < 1.29 is 8.42 Å². The second-order valence-corrected chi connectivity index (χ2v) is 8.11. The molecule has 3 nitrogen and oxygen atoms in total. The lowest BCUT2D eigenvalue weighted by Gasteiger charge is -2.33. The van der Waals surface area contributed by atoms with Crippen LogP contribution in [0.25, 0.3) is 0 Å². The van der Waals surface area contributed by atoms with Crippen LogP contribution in [0.5, 0.6) is 0 Å². The zero-order valence-electron chi connectivity index (χ0n) is 11.9. The van der Waals surface area contributed by atoms with E-state index in [9.17, 15) is 8.42 Å². The van der Waals surface area contributed by atoms with Crippen LogP contribution in [0, 0.1) is 0 Å². The third kappa shape index (κ3) is 4.29. The van der Waals surface area contributed by atoms with Crippen LogP contribution in [0.2, 0.25) is 0 Å². The molecule has 0 fully saturated rings. The number of hydrogen-bond donors (Lipinski definition) is 0. The Balaban J connectivity index is 2.86. The summed E-state index contributed by atoms with van der Waals surface area (Å²) >= 11 is 3.37. The number of hydrogen-bond acceptors (Lipinski definition) is 2. The van der Waals surface area contributed by atoms with Crippen molar-refractivity contribution in [2.24, 2.45) is 0 Å². The molecule has 0 spiro atoms. The molecule has 0 aliphatic carbocycles. The molecule has 1 aromatic carbocycles. The quantitative estimate of drug-likeness (QED) is 0.741. The van der Waals surface area contributed by atoms with Crippen molar-refractivity contribution in [1.82, 2.24) is 4.31 Å². The van der Waals surface area contributed by atoms with Gasteiger partial charge in [-0.1, -0.05) is 53.2 Å². The van der Waals surface area contributed by atoms with Crippen LogP contribution in [0.4, 0.5) is 0 Å². The highest BCUT2D eigenvalue weighted by atomic mass is 79.9. The SMILES string of the molecule is CC(CS(=O)(=O)N(C)C(C)(C)CBr)c1ccccc1. The molecule has 0 N–H and O–H groups in total. The van der Waals surface area contributed by atoms with E-state index in [1.165, 1.54) is 4.31 Å². The number of nitrogens with zero attached hydrogens (tertiary/aromatic N) is 1. The van der Waals surface area contributed by atoms with Gasteiger partial charge < -0.3 is 0 Å². The Morgan fingerprint density at radius 1 is 1.26 bits per heavy atom. The van der Waals surface area contributed by atoms with E-state index in [0.29, 0.717) is 5.33 Å². The standard InChI is InChI=1S/C14H22BrNO2S/c1-12(13-8-6-5-7-9-13)10-19(17,18)16(4)14(2,3)11-15/h5-9,12H,10-11H2,1-4H3. The molecule has 19 heavy (non-hydrogen) atoms. The third-order valence-electron chi connectivity index (χ3n) is 3.43. The summed E-state index contributed by atoms with van der Waals surface area (Å²) < 4.78 is 26.3. The number of benzene rings is 1. The molecule has 0 aliphatic rings. The summed E-state index contributed by atoms with van der Waals surface area (Å²) in [6.07, 6.45) is 0. The average molecular weight is 348 g/mol. The minimum Gasteiger partial charge on any atom is -0.212 e. The lowest BCUT2D eigenvalue weighted by molar-refractivity contribution is 0.299. The van der Waals surface area contributed by atoms with Crippen molar-refractivity contribution in [3.05, 3.63) is 35.9 Å². The van der Waals surface area contributed by atoms with Crippen LogP contribution in [0.1, 0.15) is 32.3 Å². The molecule has 0 saturated heterocycles. The molecule has 108 valence electrons. The summed E-state index contributed by atoms with van der Waals surface area (Å²) in [7, 11) is -1.63. The molecule has 5 heteroatoms. The molecule has 0 bridgehead atoms. The smallest absolute Gasteiger partial charge is 0.212 e. The first-order chi connectivity index (χ1) is 8.70. The Morgan fingerprint density at radius 2 is 1.79 bits per heavy atom. The molecule has 0 saturated carbocycles. The highest BCUT2D eigenvalue weighted by molar-refractivity contribution is 9.09. The van der Waals surface area contributed by atoms with Crippen molar-refractivity contribution in [2.45, 2.75) is 32.2 Å². The van der Waals surface area contributed by atoms with Gasteiger partial charge in [0.2, 0.25) is 10.0 Å². The zero-order valence-corrected chi connectivity index (χ0v) is 14.3. The monoisotopic (exact) mass is 347 g/mol. The topological polar surface area (TPSA) is 37.4 Å². The summed E-state index contributed by atoms with van der Waals surface area (Å²) in [5.74, 6) is 0.115. The molecule has 1 aromatic rings. The van der Waals surface area contributed by atoms with E-state index in [1.54, 1.807) is 7.05 Å². The highest BCUT2D eigenvalue weighted by Gasteiger charge is 2.33. The molecule has 1 rings (SSSR count). The molecule has 1 unspecified atom stereocenters. The fourth-order valence-electron chi connectivity index (χ4n) is 1.77. The Hall–Kier alpha value is -0.390. The van der Waals surface area contributed by atoms with Crippen LogP contribution < -0.4 is 0 Å². The fourth-order valence-corrected chi connectivity index (χ4v) is 4.17. The summed E-state index contributed by atoms with van der Waals surface area (Å²) in [5.41, 5.74) is 0.631. The summed E-state index contributed by atoms with van der Waals surface area (Å²) in [6.45, 7) is 5.76. The van der Waals surface area contributed by atoms with Crippen LogP contribution in [0.3, 0.4) is 0 Å². The average Bonchev–Trinajstić information content (AvgIpc) is 2.38. The van der Waals surface area contributed by atoms with Gasteiger partial charge in [0.25, 0.3) is 0 Å². The minimum atomic E-state index is -3.27. The van der Waals surface area contributed by atoms with Gasteiger partial charge in [0, 0.05) is 17.9 Å². The molecule has 0 heterocycles. The number of sulfonamides is 1. The second-order valence-electron chi connectivity index (χ2n) is 5.50. The van der Waals surface area contributed by atoms with Crippen LogP contribution in [0.15, 0.2) is 30.3 Å². The Labute approximate surface area is 125 Å². The van der Waals surface area contributed by atoms with E-state index in [1.807, 2.05) is 51.1 Å². The molecular weight excluding hydrogens is 326 g/mol. The minimum absolute atomic E-state index is 0.0141. The molecule has 0 aromatic heterocycles. The fraction of sp³-hybridized carbons (Fsp3) is 0.571. The van der Waals surface area contributed by atoms with Crippen molar-refractivity contribution in [3.63, 3.8) is 0 Å². The molecular formula is C14H22BrNO2S. The van der Waals surface area contributed by atoms with Gasteiger partial charge in [-0.3, -0.25) is 0 Å². The van der Waals surface area contributed by atoms with Gasteiger partial charge in [-0.05, 0) is 25.3 Å². The lowest BCUT2D eigenvalue weighted by atomic mass is 10.0. The largest absolute Gasteiger partial charge is 0.214 e. The zero-order chi connectivity index (χ0) is 14.7. The third-order valence-corrected chi connectivity index (χ3v) is 7.05. The van der Waals surface area contributed by atoms with Gasteiger partial charge in [0.1, 0.15) is 0 Å². The molecule has 0 aliphatic heterocycles. The molecule has 0 amide bonds. The van der Waals surface area contributed by atoms with Gasteiger partial charge in [-0.2, -0.15) is 4.31 Å². The predicted octanol–water partition coefficient (Wildman–Crippen LogP) is 3.23. The second kappa shape index (κ2) is 6.37. The molecule has 0 radical (unpaired) electrons. The highest BCUT2D eigenvalue weighted by Crippen LogP contribution is 2.23. The van der Waals surface area contributed by atoms with Gasteiger partial charge >= 0.3 is 0 Å².